The molecule has 0 radical (unpaired) electrons. The van der Waals surface area contributed by atoms with Gasteiger partial charge in [-0.15, -0.1) is 0 Å². The lowest BCUT2D eigenvalue weighted by molar-refractivity contribution is -0.138. The average molecular weight is 657 g/mol. The summed E-state index contributed by atoms with van der Waals surface area (Å²) in [5, 5.41) is 21.6. The van der Waals surface area contributed by atoms with Crippen LogP contribution < -0.4 is 15.0 Å². The maximum Gasteiger partial charge on any atom is 0.418 e. The van der Waals surface area contributed by atoms with Crippen LogP contribution in [-0.4, -0.2) is 113 Å². The monoisotopic (exact) mass is 656 g/mol. The first-order chi connectivity index (χ1) is 22.6. The van der Waals surface area contributed by atoms with Crippen LogP contribution in [-0.2, 0) is 15.7 Å². The van der Waals surface area contributed by atoms with Crippen molar-refractivity contribution in [3.05, 3.63) is 53.9 Å². The molecule has 6 rings (SSSR count). The summed E-state index contributed by atoms with van der Waals surface area (Å²) < 4.78 is 68.4. The highest BCUT2D eigenvalue weighted by Gasteiger charge is 2.37. The standard InChI is InChI=1S/C31H32F4N8O4/c32-24-14-43(28(45)15-44)6-5-27(24)47-26-4-1-19(11-20(26)13-36)29-37-18-38-30(40-29)39-21-2-3-25(23(12-21)31(33,34)35)42-9-7-41(8-10-42)22-16-46-17-22/h1-4,11-12,18,22,24,27,44H,5-10,14-17H2,(H,37,38,39,40)/t24-,27+/m1/s1. The Kier molecular flexibility index (Phi) is 9.39. The quantitative estimate of drug-likeness (QED) is 0.346. The molecule has 3 aliphatic heterocycles. The van der Waals surface area contributed by atoms with Gasteiger partial charge in [-0.05, 0) is 36.4 Å². The molecule has 0 aliphatic carbocycles. The molecule has 3 aliphatic rings. The number of benzene rings is 2. The Morgan fingerprint density at radius 2 is 1.89 bits per heavy atom. The Hall–Kier alpha value is -4.59. The third kappa shape index (κ3) is 7.22. The molecule has 3 saturated heterocycles. The number of aliphatic hydroxyl groups excluding tert-OH is 1. The predicted octanol–water partition coefficient (Wildman–Crippen LogP) is 3.00. The largest absolute Gasteiger partial charge is 0.486 e. The summed E-state index contributed by atoms with van der Waals surface area (Å²) in [5.74, 6) is -0.291. The highest BCUT2D eigenvalue weighted by molar-refractivity contribution is 5.77. The van der Waals surface area contributed by atoms with Gasteiger partial charge in [0.05, 0.1) is 36.9 Å². The summed E-state index contributed by atoms with van der Waals surface area (Å²) in [5.41, 5.74) is -0.0344. The lowest BCUT2D eigenvalue weighted by Crippen LogP contribution is -2.56. The van der Waals surface area contributed by atoms with Crippen LogP contribution in [0.5, 0.6) is 5.75 Å². The van der Waals surface area contributed by atoms with Crippen LogP contribution in [0.2, 0.25) is 0 Å². The van der Waals surface area contributed by atoms with Crippen molar-refractivity contribution in [2.75, 3.05) is 69.3 Å². The molecule has 12 nitrogen and oxygen atoms in total. The summed E-state index contributed by atoms with van der Waals surface area (Å²) in [6.07, 6.45) is -5.64. The van der Waals surface area contributed by atoms with E-state index in [4.69, 9.17) is 14.6 Å². The molecule has 2 atom stereocenters. The van der Waals surface area contributed by atoms with Crippen molar-refractivity contribution in [3.63, 3.8) is 0 Å². The van der Waals surface area contributed by atoms with E-state index in [0.29, 0.717) is 51.0 Å². The van der Waals surface area contributed by atoms with E-state index in [1.54, 1.807) is 17.0 Å². The fourth-order valence-corrected chi connectivity index (χ4v) is 5.87. The zero-order valence-electron chi connectivity index (χ0n) is 25.2. The van der Waals surface area contributed by atoms with E-state index in [2.05, 4.69) is 25.2 Å². The van der Waals surface area contributed by atoms with Crippen LogP contribution in [0.15, 0.2) is 42.7 Å². The molecule has 0 saturated carbocycles. The number of anilines is 3. The molecule has 47 heavy (non-hydrogen) atoms. The van der Waals surface area contributed by atoms with Crippen molar-refractivity contribution in [2.24, 2.45) is 0 Å². The zero-order chi connectivity index (χ0) is 33.1. The highest BCUT2D eigenvalue weighted by Crippen LogP contribution is 2.39. The zero-order valence-corrected chi connectivity index (χ0v) is 25.2. The number of halogens is 4. The van der Waals surface area contributed by atoms with Crippen molar-refractivity contribution < 1.29 is 36.9 Å². The van der Waals surface area contributed by atoms with Crippen LogP contribution in [0.1, 0.15) is 17.5 Å². The number of piperazine rings is 1. The number of aromatic nitrogens is 3. The minimum atomic E-state index is -4.59. The first kappa shape index (κ1) is 32.4. The van der Waals surface area contributed by atoms with Gasteiger partial charge in [-0.3, -0.25) is 9.69 Å². The van der Waals surface area contributed by atoms with Crippen molar-refractivity contribution >= 4 is 23.2 Å². The fraction of sp³-hybridized carbons (Fsp3) is 0.452. The minimum Gasteiger partial charge on any atom is -0.486 e. The van der Waals surface area contributed by atoms with E-state index in [1.165, 1.54) is 29.4 Å². The number of nitriles is 1. The lowest BCUT2D eigenvalue weighted by Gasteiger charge is -2.43. The smallest absolute Gasteiger partial charge is 0.418 e. The number of nitrogens with zero attached hydrogens (tertiary/aromatic N) is 7. The normalized spacial score (nSPS) is 20.8. The Morgan fingerprint density at radius 1 is 1.11 bits per heavy atom. The second-order valence-electron chi connectivity index (χ2n) is 11.5. The van der Waals surface area contributed by atoms with Gasteiger partial charge >= 0.3 is 6.18 Å². The summed E-state index contributed by atoms with van der Waals surface area (Å²) in [6, 6.07) is 10.9. The minimum absolute atomic E-state index is 0.00417. The first-order valence-corrected chi connectivity index (χ1v) is 15.1. The van der Waals surface area contributed by atoms with E-state index >= 15 is 0 Å². The van der Waals surface area contributed by atoms with Crippen LogP contribution in [0.25, 0.3) is 11.4 Å². The van der Waals surface area contributed by atoms with Gasteiger partial charge < -0.3 is 29.7 Å². The van der Waals surface area contributed by atoms with Crippen molar-refractivity contribution in [1.29, 1.82) is 5.26 Å². The average Bonchev–Trinajstić information content (AvgIpc) is 3.04. The van der Waals surface area contributed by atoms with Gasteiger partial charge in [-0.1, -0.05) is 0 Å². The number of carbonyl (C=O) groups is 1. The van der Waals surface area contributed by atoms with E-state index in [0.717, 1.165) is 6.07 Å². The number of hydrogen-bond donors (Lipinski definition) is 2. The summed E-state index contributed by atoms with van der Waals surface area (Å²) in [7, 11) is 0. The van der Waals surface area contributed by atoms with Crippen LogP contribution in [0.3, 0.4) is 0 Å². The number of amides is 1. The predicted molar refractivity (Wildman–Crippen MR) is 161 cm³/mol. The molecule has 0 spiro atoms. The van der Waals surface area contributed by atoms with Gasteiger partial charge in [0, 0.05) is 56.1 Å². The number of alkyl halides is 4. The maximum absolute atomic E-state index is 14.8. The molecule has 3 fully saturated rings. The second kappa shape index (κ2) is 13.6. The Morgan fingerprint density at radius 3 is 2.55 bits per heavy atom. The number of carbonyl (C=O) groups excluding carboxylic acids is 1. The number of likely N-dealkylation sites (tertiary alicyclic amines) is 1. The van der Waals surface area contributed by atoms with E-state index in [-0.39, 0.29) is 54.0 Å². The molecular weight excluding hydrogens is 624 g/mol. The molecule has 1 amide bonds. The van der Waals surface area contributed by atoms with E-state index in [9.17, 15) is 27.6 Å². The number of ether oxygens (including phenoxy) is 2. The number of aliphatic hydroxyl groups is 1. The third-order valence-electron chi connectivity index (χ3n) is 8.53. The number of nitrogens with one attached hydrogen (secondary N) is 1. The lowest BCUT2D eigenvalue weighted by atomic mass is 10.0. The number of piperidine rings is 1. The molecule has 0 bridgehead atoms. The third-order valence-corrected chi connectivity index (χ3v) is 8.53. The Balaban J connectivity index is 1.15. The van der Waals surface area contributed by atoms with Gasteiger partial charge in [0.15, 0.2) is 12.0 Å². The van der Waals surface area contributed by atoms with Crippen LogP contribution in [0.4, 0.5) is 34.9 Å². The van der Waals surface area contributed by atoms with Crippen molar-refractivity contribution in [2.45, 2.75) is 30.9 Å². The molecule has 4 heterocycles. The van der Waals surface area contributed by atoms with Gasteiger partial charge in [0.1, 0.15) is 30.9 Å². The SMILES string of the molecule is N#Cc1cc(-c2ncnc(Nc3ccc(N4CCN(C5COC5)CC4)c(C(F)(F)F)c3)n2)ccc1O[C@H]1CCN(C(=O)CO)C[C@H]1F. The molecule has 16 heteroatoms. The Bertz CT molecular complexity index is 1640. The van der Waals surface area contributed by atoms with Gasteiger partial charge in [-0.2, -0.15) is 23.4 Å². The van der Waals surface area contributed by atoms with E-state index in [1.807, 2.05) is 6.07 Å². The molecule has 248 valence electrons. The molecular formula is C31H32F4N8O4. The van der Waals surface area contributed by atoms with Crippen LogP contribution >= 0.6 is 0 Å². The molecule has 0 unspecified atom stereocenters. The second-order valence-corrected chi connectivity index (χ2v) is 11.5. The molecule has 3 aromatic rings. The first-order valence-electron chi connectivity index (χ1n) is 15.1. The molecule has 2 aromatic carbocycles. The fourth-order valence-electron chi connectivity index (χ4n) is 5.87. The number of rotatable bonds is 8. The summed E-state index contributed by atoms with van der Waals surface area (Å²) in [6.45, 7) is 2.83. The summed E-state index contributed by atoms with van der Waals surface area (Å²) >= 11 is 0. The topological polar surface area (TPSA) is 140 Å². The highest BCUT2D eigenvalue weighted by atomic mass is 19.4. The van der Waals surface area contributed by atoms with Crippen LogP contribution in [0, 0.1) is 11.3 Å². The van der Waals surface area contributed by atoms with Gasteiger partial charge in [0.2, 0.25) is 11.9 Å². The number of hydrogen-bond acceptors (Lipinski definition) is 11. The van der Waals surface area contributed by atoms with E-state index < -0.39 is 36.5 Å². The van der Waals surface area contributed by atoms with Gasteiger partial charge in [-0.25, -0.2) is 14.4 Å². The summed E-state index contributed by atoms with van der Waals surface area (Å²) in [4.78, 5) is 29.5. The molecule has 2 N–H and O–H groups in total. The Labute approximate surface area is 267 Å². The maximum atomic E-state index is 14.8. The van der Waals surface area contributed by atoms with Crippen molar-refractivity contribution in [3.8, 4) is 23.2 Å². The molecule has 1 aromatic heterocycles. The van der Waals surface area contributed by atoms with Gasteiger partial charge in [0.25, 0.3) is 0 Å². The van der Waals surface area contributed by atoms with Crippen molar-refractivity contribution in [1.82, 2.24) is 24.8 Å².